The lowest BCUT2D eigenvalue weighted by Gasteiger charge is -2.10. The molecular formula is C42H25NOS. The van der Waals surface area contributed by atoms with Crippen molar-refractivity contribution in [2.75, 3.05) is 0 Å². The number of thiophene rings is 1. The molecule has 0 radical (unpaired) electrons. The van der Waals surface area contributed by atoms with E-state index in [9.17, 15) is 0 Å². The first kappa shape index (κ1) is 24.8. The fourth-order valence-corrected chi connectivity index (χ4v) is 8.32. The average molecular weight is 592 g/mol. The number of benzene rings is 7. The fraction of sp³-hybridized carbons (Fsp3) is 0. The van der Waals surface area contributed by atoms with E-state index in [0.717, 1.165) is 38.7 Å². The Morgan fingerprint density at radius 2 is 1.24 bits per heavy atom. The molecule has 0 amide bonds. The molecule has 0 aliphatic carbocycles. The third-order valence-electron chi connectivity index (χ3n) is 9.21. The normalized spacial score (nSPS) is 12.0. The molecule has 0 atom stereocenters. The second-order valence-corrected chi connectivity index (χ2v) is 12.8. The zero-order valence-corrected chi connectivity index (χ0v) is 25.0. The molecule has 0 bridgehead atoms. The van der Waals surface area contributed by atoms with Crippen LogP contribution in [0.15, 0.2) is 156 Å². The molecule has 0 aliphatic heterocycles. The van der Waals surface area contributed by atoms with Gasteiger partial charge in [0.2, 0.25) is 0 Å². The number of furan rings is 1. The van der Waals surface area contributed by atoms with Crippen LogP contribution in [0.3, 0.4) is 0 Å². The van der Waals surface area contributed by atoms with Gasteiger partial charge < -0.3 is 8.98 Å². The van der Waals surface area contributed by atoms with Crippen molar-refractivity contribution < 1.29 is 4.42 Å². The van der Waals surface area contributed by atoms with Crippen LogP contribution in [0.25, 0.3) is 91.9 Å². The minimum Gasteiger partial charge on any atom is -0.454 e. The summed E-state index contributed by atoms with van der Waals surface area (Å²) in [7, 11) is 0. The first-order chi connectivity index (χ1) is 22.3. The van der Waals surface area contributed by atoms with Gasteiger partial charge in [0.25, 0.3) is 0 Å². The smallest absolute Gasteiger partial charge is 0.161 e. The van der Waals surface area contributed by atoms with Gasteiger partial charge in [0.15, 0.2) is 5.58 Å². The number of rotatable bonds is 3. The van der Waals surface area contributed by atoms with Crippen molar-refractivity contribution in [2.24, 2.45) is 0 Å². The van der Waals surface area contributed by atoms with Crippen LogP contribution in [0.2, 0.25) is 0 Å². The highest BCUT2D eigenvalue weighted by Gasteiger charge is 2.21. The summed E-state index contributed by atoms with van der Waals surface area (Å²) in [6.45, 7) is 0. The largest absolute Gasteiger partial charge is 0.454 e. The van der Waals surface area contributed by atoms with E-state index in [-0.39, 0.29) is 0 Å². The van der Waals surface area contributed by atoms with Gasteiger partial charge in [0.05, 0.1) is 10.9 Å². The fourth-order valence-electron chi connectivity index (χ4n) is 7.16. The summed E-state index contributed by atoms with van der Waals surface area (Å²) in [4.78, 5) is 0. The molecule has 3 heterocycles. The summed E-state index contributed by atoms with van der Waals surface area (Å²) in [6.07, 6.45) is 0. The predicted molar refractivity (Wildman–Crippen MR) is 192 cm³/mol. The quantitative estimate of drug-likeness (QED) is 0.200. The van der Waals surface area contributed by atoms with Crippen molar-refractivity contribution >= 4 is 75.3 Å². The number of fused-ring (bicyclic) bond motifs is 10. The van der Waals surface area contributed by atoms with E-state index >= 15 is 0 Å². The maximum atomic E-state index is 6.60. The van der Waals surface area contributed by atoms with Crippen LogP contribution in [0.5, 0.6) is 0 Å². The highest BCUT2D eigenvalue weighted by Crippen LogP contribution is 2.44. The molecule has 3 heteroatoms. The first-order valence-corrected chi connectivity index (χ1v) is 16.1. The van der Waals surface area contributed by atoms with Crippen molar-refractivity contribution in [1.82, 2.24) is 4.57 Å². The van der Waals surface area contributed by atoms with Crippen LogP contribution in [-0.2, 0) is 0 Å². The first-order valence-electron chi connectivity index (χ1n) is 15.3. The Morgan fingerprint density at radius 3 is 2.13 bits per heavy atom. The number of hydrogen-bond donors (Lipinski definition) is 0. The zero-order valence-electron chi connectivity index (χ0n) is 24.2. The van der Waals surface area contributed by atoms with Gasteiger partial charge in [-0.15, -0.1) is 11.3 Å². The molecule has 0 spiro atoms. The topological polar surface area (TPSA) is 18.1 Å². The molecule has 3 aromatic heterocycles. The van der Waals surface area contributed by atoms with E-state index in [1.54, 1.807) is 0 Å². The number of hydrogen-bond acceptors (Lipinski definition) is 2. The molecular weight excluding hydrogens is 567 g/mol. The van der Waals surface area contributed by atoms with Gasteiger partial charge in [-0.25, -0.2) is 0 Å². The summed E-state index contributed by atoms with van der Waals surface area (Å²) in [6, 6.07) is 54.6. The van der Waals surface area contributed by atoms with Crippen LogP contribution in [0.4, 0.5) is 0 Å². The molecule has 0 N–H and O–H groups in total. The van der Waals surface area contributed by atoms with Gasteiger partial charge in [0, 0.05) is 31.2 Å². The van der Waals surface area contributed by atoms with Crippen LogP contribution < -0.4 is 0 Å². The minimum absolute atomic E-state index is 0.903. The second kappa shape index (κ2) is 9.43. The summed E-state index contributed by atoms with van der Waals surface area (Å²) in [5.41, 5.74) is 10.0. The molecule has 2 nitrogen and oxygen atoms in total. The van der Waals surface area contributed by atoms with Crippen molar-refractivity contribution in [2.45, 2.75) is 0 Å². The van der Waals surface area contributed by atoms with Crippen molar-refractivity contribution in [3.05, 3.63) is 152 Å². The Morgan fingerprint density at radius 1 is 0.489 bits per heavy atom. The van der Waals surface area contributed by atoms with Crippen LogP contribution >= 0.6 is 11.3 Å². The molecule has 210 valence electrons. The van der Waals surface area contributed by atoms with E-state index in [0.29, 0.717) is 0 Å². The summed E-state index contributed by atoms with van der Waals surface area (Å²) >= 11 is 1.88. The molecule has 45 heavy (non-hydrogen) atoms. The molecule has 0 unspecified atom stereocenters. The number of para-hydroxylation sites is 2. The van der Waals surface area contributed by atoms with E-state index in [4.69, 9.17) is 4.42 Å². The number of aromatic nitrogens is 1. The Kier molecular flexibility index (Phi) is 5.19. The van der Waals surface area contributed by atoms with Crippen LogP contribution in [0.1, 0.15) is 0 Å². The number of nitrogens with zero attached hydrogens (tertiary/aromatic N) is 1. The van der Waals surface area contributed by atoms with E-state index < -0.39 is 0 Å². The van der Waals surface area contributed by atoms with Gasteiger partial charge in [-0.05, 0) is 75.5 Å². The molecule has 0 saturated heterocycles. The van der Waals surface area contributed by atoms with Gasteiger partial charge in [0.1, 0.15) is 11.1 Å². The average Bonchev–Trinajstić information content (AvgIpc) is 3.77. The molecule has 0 aliphatic rings. The van der Waals surface area contributed by atoms with Crippen molar-refractivity contribution in [3.8, 4) is 27.9 Å². The van der Waals surface area contributed by atoms with Gasteiger partial charge in [-0.1, -0.05) is 109 Å². The van der Waals surface area contributed by atoms with Crippen LogP contribution in [-0.4, -0.2) is 4.57 Å². The second-order valence-electron chi connectivity index (χ2n) is 11.7. The SMILES string of the molecule is c1ccc(-n2c3ccccc3c3oc4cccc(-c5ccc(-c6ccc7c(c6)sc6ccc8ccccc8c67)cc5)c4c32)cc1. The van der Waals surface area contributed by atoms with Gasteiger partial charge in [-0.3, -0.25) is 0 Å². The maximum absolute atomic E-state index is 6.60. The Bertz CT molecular complexity index is 2740. The lowest BCUT2D eigenvalue weighted by atomic mass is 9.97. The molecule has 7 aromatic carbocycles. The summed E-state index contributed by atoms with van der Waals surface area (Å²) in [5, 5.41) is 7.57. The van der Waals surface area contributed by atoms with Crippen molar-refractivity contribution in [1.29, 1.82) is 0 Å². The molecule has 0 fully saturated rings. The monoisotopic (exact) mass is 591 g/mol. The Hall–Kier alpha value is -5.64. The minimum atomic E-state index is 0.903. The van der Waals surface area contributed by atoms with Crippen molar-refractivity contribution in [3.63, 3.8) is 0 Å². The summed E-state index contributed by atoms with van der Waals surface area (Å²) in [5.74, 6) is 0. The Balaban J connectivity index is 1.12. The highest BCUT2D eigenvalue weighted by atomic mass is 32.1. The van der Waals surface area contributed by atoms with Gasteiger partial charge in [-0.2, -0.15) is 0 Å². The van der Waals surface area contributed by atoms with E-state index in [1.807, 2.05) is 11.3 Å². The highest BCUT2D eigenvalue weighted by molar-refractivity contribution is 7.26. The maximum Gasteiger partial charge on any atom is 0.161 e. The lowest BCUT2D eigenvalue weighted by molar-refractivity contribution is 0.673. The third kappa shape index (κ3) is 3.62. The van der Waals surface area contributed by atoms with E-state index in [1.165, 1.54) is 53.2 Å². The van der Waals surface area contributed by atoms with Crippen LogP contribution in [0, 0.1) is 0 Å². The zero-order chi connectivity index (χ0) is 29.5. The predicted octanol–water partition coefficient (Wildman–Crippen LogP) is 12.4. The molecule has 0 saturated carbocycles. The molecule has 10 rings (SSSR count). The standard InChI is InChI=1S/C42H25NOS/c1-2-10-30(11-3-1)43-35-15-7-6-13-33(35)42-41(43)40-32(14-8-16-36(40)44-42)28-19-17-26(18-20-28)29-21-23-34-38(25-29)45-37-24-22-27-9-4-5-12-31(27)39(34)37/h1-25H. The van der Waals surface area contributed by atoms with Gasteiger partial charge >= 0.3 is 0 Å². The van der Waals surface area contributed by atoms with E-state index in [2.05, 4.69) is 156 Å². The third-order valence-corrected chi connectivity index (χ3v) is 10.3. The summed E-state index contributed by atoms with van der Waals surface area (Å²) < 4.78 is 11.6. The lowest BCUT2D eigenvalue weighted by Crippen LogP contribution is -1.93. The molecule has 10 aromatic rings. The Labute approximate surface area is 263 Å².